The van der Waals surface area contributed by atoms with Gasteiger partial charge in [0, 0.05) is 25.7 Å². The molecule has 0 bridgehead atoms. The van der Waals surface area contributed by atoms with Crippen molar-refractivity contribution >= 4 is 39.5 Å². The van der Waals surface area contributed by atoms with Crippen LogP contribution in [-0.4, -0.2) is 96.7 Å². The van der Waals surface area contributed by atoms with Gasteiger partial charge in [-0.3, -0.25) is 37.3 Å². The van der Waals surface area contributed by atoms with E-state index in [9.17, 15) is 43.2 Å². The van der Waals surface area contributed by atoms with E-state index in [0.29, 0.717) is 31.6 Å². The average Bonchev–Trinajstić information content (AvgIpc) is 0.976. The van der Waals surface area contributed by atoms with Crippen LogP contribution in [0.1, 0.15) is 402 Å². The monoisotopic (exact) mass is 1420 g/mol. The smallest absolute Gasteiger partial charge is 0.462 e. The number of unbranched alkanes of at least 4 members (excludes halogenated alkanes) is 43. The van der Waals surface area contributed by atoms with Crippen molar-refractivity contribution in [2.24, 2.45) is 17.8 Å². The molecule has 0 spiro atoms. The van der Waals surface area contributed by atoms with Crippen LogP contribution in [-0.2, 0) is 65.4 Å². The second-order valence-corrected chi connectivity index (χ2v) is 32.2. The fourth-order valence-corrected chi connectivity index (χ4v) is 13.5. The van der Waals surface area contributed by atoms with Crippen molar-refractivity contribution in [2.75, 3.05) is 39.6 Å². The minimum atomic E-state index is -4.96. The van der Waals surface area contributed by atoms with Gasteiger partial charge < -0.3 is 33.8 Å². The Morgan fingerprint density at radius 2 is 0.526 bits per heavy atom. The Hall–Kier alpha value is -1.94. The van der Waals surface area contributed by atoms with Crippen molar-refractivity contribution in [1.82, 2.24) is 0 Å². The minimum absolute atomic E-state index is 0.104. The molecule has 0 aromatic carbocycles. The van der Waals surface area contributed by atoms with Crippen LogP contribution in [0.15, 0.2) is 0 Å². The van der Waals surface area contributed by atoms with E-state index in [2.05, 4.69) is 48.5 Å². The Labute approximate surface area is 594 Å². The number of carbonyl (C=O) groups is 4. The van der Waals surface area contributed by atoms with E-state index in [1.165, 1.54) is 205 Å². The standard InChI is InChI=1S/C78H152O17P2/c1-8-10-11-12-13-14-15-16-17-18-19-20-24-27-32-37-45-52-59-75(80)88-65-73(94-77(82)61-54-47-38-33-28-25-22-21-23-26-31-36-44-51-58-71(7)9-2)67-92-96(84,85)90-63-72(79)64-91-97(86,87)93-68-74(66-89-76(81)60-53-46-41-40-43-50-57-70(5)6)95-78(83)62-55-48-39-34-29-30-35-42-49-56-69(3)4/h69-74,79H,8-68H2,1-7H3,(H,84,85)(H,86,87)/t71?,72-,73-,74-/m1/s1. The molecule has 0 amide bonds. The highest BCUT2D eigenvalue weighted by molar-refractivity contribution is 7.47. The molecule has 0 aromatic rings. The molecule has 0 heterocycles. The van der Waals surface area contributed by atoms with Crippen molar-refractivity contribution in [3.8, 4) is 0 Å². The summed E-state index contributed by atoms with van der Waals surface area (Å²) in [6, 6.07) is 0. The lowest BCUT2D eigenvalue weighted by atomic mass is 9.99. The number of aliphatic hydroxyl groups is 1. The van der Waals surface area contributed by atoms with Gasteiger partial charge in [0.25, 0.3) is 0 Å². The molecule has 0 rings (SSSR count). The fourth-order valence-electron chi connectivity index (χ4n) is 11.9. The molecule has 0 aliphatic heterocycles. The first kappa shape index (κ1) is 95.1. The van der Waals surface area contributed by atoms with Crippen molar-refractivity contribution in [1.29, 1.82) is 0 Å². The summed E-state index contributed by atoms with van der Waals surface area (Å²) in [5.41, 5.74) is 0. The maximum Gasteiger partial charge on any atom is 0.472 e. The number of hydrogen-bond acceptors (Lipinski definition) is 15. The Balaban J connectivity index is 5.22. The van der Waals surface area contributed by atoms with Gasteiger partial charge in [-0.15, -0.1) is 0 Å². The van der Waals surface area contributed by atoms with Crippen molar-refractivity contribution in [2.45, 2.75) is 420 Å². The summed E-state index contributed by atoms with van der Waals surface area (Å²) in [6.45, 7) is 11.9. The fraction of sp³-hybridized carbons (Fsp3) is 0.949. The molecule has 0 fully saturated rings. The van der Waals surface area contributed by atoms with E-state index in [1.807, 2.05) is 0 Å². The second-order valence-electron chi connectivity index (χ2n) is 29.3. The zero-order valence-corrected chi connectivity index (χ0v) is 65.3. The minimum Gasteiger partial charge on any atom is -0.462 e. The lowest BCUT2D eigenvalue weighted by Gasteiger charge is -2.21. The maximum absolute atomic E-state index is 13.1. The number of phosphoric acid groups is 2. The Morgan fingerprint density at radius 1 is 0.299 bits per heavy atom. The number of rotatable bonds is 76. The van der Waals surface area contributed by atoms with Gasteiger partial charge in [0.15, 0.2) is 12.2 Å². The summed E-state index contributed by atoms with van der Waals surface area (Å²) in [7, 11) is -9.91. The number of phosphoric ester groups is 2. The molecule has 0 aliphatic rings. The number of carbonyl (C=O) groups excluding carboxylic acids is 4. The lowest BCUT2D eigenvalue weighted by molar-refractivity contribution is -0.161. The van der Waals surface area contributed by atoms with Crippen LogP contribution < -0.4 is 0 Å². The highest BCUT2D eigenvalue weighted by Crippen LogP contribution is 2.45. The summed E-state index contributed by atoms with van der Waals surface area (Å²) in [6.07, 6.45) is 55.7. The molecule has 0 radical (unpaired) electrons. The van der Waals surface area contributed by atoms with E-state index < -0.39 is 97.5 Å². The third-order valence-corrected chi connectivity index (χ3v) is 20.4. The largest absolute Gasteiger partial charge is 0.472 e. The average molecular weight is 1420 g/mol. The quantitative estimate of drug-likeness (QED) is 0.0222. The summed E-state index contributed by atoms with van der Waals surface area (Å²) in [4.78, 5) is 72.8. The molecule has 6 atom stereocenters. The van der Waals surface area contributed by atoms with Crippen LogP contribution in [0.2, 0.25) is 0 Å². The topological polar surface area (TPSA) is 237 Å². The van der Waals surface area contributed by atoms with Crippen LogP contribution in [0.5, 0.6) is 0 Å². The number of ether oxygens (including phenoxy) is 4. The maximum atomic E-state index is 13.1. The predicted molar refractivity (Wildman–Crippen MR) is 395 cm³/mol. The van der Waals surface area contributed by atoms with Crippen LogP contribution in [0.25, 0.3) is 0 Å². The zero-order chi connectivity index (χ0) is 71.6. The second kappa shape index (κ2) is 68.5. The van der Waals surface area contributed by atoms with Gasteiger partial charge >= 0.3 is 39.5 Å². The van der Waals surface area contributed by atoms with E-state index in [-0.39, 0.29) is 25.7 Å². The van der Waals surface area contributed by atoms with Gasteiger partial charge in [-0.05, 0) is 43.4 Å². The molecule has 0 saturated heterocycles. The Bertz CT molecular complexity index is 1890. The Kier molecular flexibility index (Phi) is 67.1. The zero-order valence-electron chi connectivity index (χ0n) is 63.5. The van der Waals surface area contributed by atoms with Gasteiger partial charge in [-0.1, -0.05) is 350 Å². The molecular weight excluding hydrogens is 1270 g/mol. The van der Waals surface area contributed by atoms with E-state index >= 15 is 0 Å². The van der Waals surface area contributed by atoms with E-state index in [4.69, 9.17) is 37.0 Å². The number of esters is 4. The molecule has 97 heavy (non-hydrogen) atoms. The van der Waals surface area contributed by atoms with E-state index in [0.717, 1.165) is 108 Å². The number of hydrogen-bond donors (Lipinski definition) is 3. The Morgan fingerprint density at radius 3 is 0.784 bits per heavy atom. The van der Waals surface area contributed by atoms with Gasteiger partial charge in [0.1, 0.15) is 19.3 Å². The van der Waals surface area contributed by atoms with Gasteiger partial charge in [0.2, 0.25) is 0 Å². The van der Waals surface area contributed by atoms with Crippen molar-refractivity contribution in [3.05, 3.63) is 0 Å². The summed E-state index contributed by atoms with van der Waals surface area (Å²) in [5, 5.41) is 10.6. The highest BCUT2D eigenvalue weighted by Gasteiger charge is 2.30. The van der Waals surface area contributed by atoms with Crippen LogP contribution in [0, 0.1) is 17.8 Å². The summed E-state index contributed by atoms with van der Waals surface area (Å²) in [5.74, 6) is 0.144. The molecule has 0 saturated carbocycles. The van der Waals surface area contributed by atoms with Gasteiger partial charge in [-0.2, -0.15) is 0 Å². The van der Waals surface area contributed by atoms with Gasteiger partial charge in [-0.25, -0.2) is 9.13 Å². The first-order chi connectivity index (χ1) is 46.8. The first-order valence-electron chi connectivity index (χ1n) is 40.4. The molecule has 0 aromatic heterocycles. The van der Waals surface area contributed by atoms with Crippen LogP contribution in [0.3, 0.4) is 0 Å². The van der Waals surface area contributed by atoms with Crippen LogP contribution in [0.4, 0.5) is 0 Å². The van der Waals surface area contributed by atoms with Gasteiger partial charge in [0.05, 0.1) is 26.4 Å². The third-order valence-electron chi connectivity index (χ3n) is 18.5. The molecule has 19 heteroatoms. The SMILES string of the molecule is CCCCCCCCCCCCCCCCCCCCC(=O)OC[C@H](COP(=O)(O)OC[C@@H](O)COP(=O)(O)OC[C@@H](COC(=O)CCCCCCCCC(C)C)OC(=O)CCCCCCCCCCCC(C)C)OC(=O)CCCCCCCCCCCCCCCCC(C)CC. The molecule has 3 unspecified atom stereocenters. The molecule has 0 aliphatic carbocycles. The van der Waals surface area contributed by atoms with Crippen molar-refractivity contribution in [3.63, 3.8) is 0 Å². The van der Waals surface area contributed by atoms with Crippen LogP contribution >= 0.6 is 15.6 Å². The van der Waals surface area contributed by atoms with Crippen molar-refractivity contribution < 1.29 is 80.2 Å². The summed E-state index contributed by atoms with van der Waals surface area (Å²) >= 11 is 0. The summed E-state index contributed by atoms with van der Waals surface area (Å²) < 4.78 is 68.6. The van der Waals surface area contributed by atoms with E-state index in [1.54, 1.807) is 0 Å². The first-order valence-corrected chi connectivity index (χ1v) is 43.4. The predicted octanol–water partition coefficient (Wildman–Crippen LogP) is 23.0. The third kappa shape index (κ3) is 70.9. The lowest BCUT2D eigenvalue weighted by Crippen LogP contribution is -2.30. The number of aliphatic hydroxyl groups excluding tert-OH is 1. The molecule has 576 valence electrons. The molecule has 3 N–H and O–H groups in total. The molecular formula is C78H152O17P2. The molecule has 17 nitrogen and oxygen atoms in total. The normalized spacial score (nSPS) is 14.3. The highest BCUT2D eigenvalue weighted by atomic mass is 31.2.